The highest BCUT2D eigenvalue weighted by atomic mass is 32.2. The fourth-order valence-electron chi connectivity index (χ4n) is 3.61. The minimum absolute atomic E-state index is 0.0640. The molecule has 0 radical (unpaired) electrons. The van der Waals surface area contributed by atoms with Crippen LogP contribution >= 0.6 is 19.9 Å². The molecule has 2 heterocycles. The molecular formula is C23H29O4PS. The van der Waals surface area contributed by atoms with Gasteiger partial charge < -0.3 is 18.7 Å². The van der Waals surface area contributed by atoms with E-state index in [0.29, 0.717) is 5.25 Å². The first kappa shape index (κ1) is 21.3. The maximum Gasteiger partial charge on any atom is 0.190 e. The number of benzene rings is 2. The Labute approximate surface area is 179 Å². The zero-order valence-electron chi connectivity index (χ0n) is 17.4. The molecule has 6 heteroatoms. The first-order valence-corrected chi connectivity index (χ1v) is 12.4. The van der Waals surface area contributed by atoms with Gasteiger partial charge in [0.1, 0.15) is 12.2 Å². The van der Waals surface area contributed by atoms with E-state index >= 15 is 0 Å². The van der Waals surface area contributed by atoms with Gasteiger partial charge in [-0.2, -0.15) is 11.8 Å². The number of rotatable bonds is 7. The molecule has 0 aliphatic carbocycles. The lowest BCUT2D eigenvalue weighted by Crippen LogP contribution is -2.38. The quantitative estimate of drug-likeness (QED) is 0.605. The molecule has 2 fully saturated rings. The van der Waals surface area contributed by atoms with Gasteiger partial charge in [-0.1, -0.05) is 74.5 Å². The number of hydrogen-bond donors (Lipinski definition) is 0. The van der Waals surface area contributed by atoms with Crippen LogP contribution in [0.15, 0.2) is 60.7 Å². The second kappa shape index (κ2) is 9.05. The topological polar surface area (TPSA) is 36.9 Å². The normalized spacial score (nSPS) is 28.2. The van der Waals surface area contributed by atoms with E-state index in [4.69, 9.17) is 18.7 Å². The Kier molecular flexibility index (Phi) is 6.65. The molecule has 4 nitrogen and oxygen atoms in total. The van der Waals surface area contributed by atoms with Crippen molar-refractivity contribution in [1.82, 2.24) is 0 Å². The molecule has 0 amide bonds. The predicted molar refractivity (Wildman–Crippen MR) is 120 cm³/mol. The van der Waals surface area contributed by atoms with Gasteiger partial charge in [0.25, 0.3) is 0 Å². The van der Waals surface area contributed by atoms with E-state index in [-0.39, 0.29) is 24.6 Å². The van der Waals surface area contributed by atoms with Crippen LogP contribution in [-0.2, 0) is 18.7 Å². The summed E-state index contributed by atoms with van der Waals surface area (Å²) < 4.78 is 25.4. The van der Waals surface area contributed by atoms with Crippen molar-refractivity contribution >= 4 is 30.5 Å². The second-order valence-electron chi connectivity index (χ2n) is 8.06. The zero-order valence-corrected chi connectivity index (χ0v) is 19.1. The highest BCUT2D eigenvalue weighted by Gasteiger charge is 2.56. The summed E-state index contributed by atoms with van der Waals surface area (Å²) in [4.78, 5) is 0. The Balaban J connectivity index is 1.62. The van der Waals surface area contributed by atoms with Gasteiger partial charge in [-0.05, 0) is 19.1 Å². The lowest BCUT2D eigenvalue weighted by atomic mass is 10.1. The Morgan fingerprint density at radius 3 is 2.10 bits per heavy atom. The first-order valence-electron chi connectivity index (χ1n) is 10.1. The minimum Gasteiger partial charge on any atom is -0.343 e. The summed E-state index contributed by atoms with van der Waals surface area (Å²) in [5, 5.41) is 2.90. The largest absolute Gasteiger partial charge is 0.343 e. The van der Waals surface area contributed by atoms with Crippen molar-refractivity contribution in [2.24, 2.45) is 0 Å². The average molecular weight is 433 g/mol. The van der Waals surface area contributed by atoms with Gasteiger partial charge in [0.2, 0.25) is 0 Å². The highest BCUT2D eigenvalue weighted by molar-refractivity contribution is 7.99. The number of ether oxygens (including phenoxy) is 3. The van der Waals surface area contributed by atoms with E-state index in [9.17, 15) is 0 Å². The minimum atomic E-state index is -0.994. The lowest BCUT2D eigenvalue weighted by Gasteiger charge is -2.29. The van der Waals surface area contributed by atoms with Crippen molar-refractivity contribution in [2.45, 2.75) is 63.3 Å². The maximum atomic E-state index is 6.86. The molecule has 0 bridgehead atoms. The molecule has 0 aromatic heterocycles. The molecule has 29 heavy (non-hydrogen) atoms. The van der Waals surface area contributed by atoms with Gasteiger partial charge >= 0.3 is 0 Å². The van der Waals surface area contributed by atoms with Crippen LogP contribution in [0.4, 0.5) is 0 Å². The van der Waals surface area contributed by atoms with Crippen LogP contribution in [0.1, 0.15) is 27.7 Å². The molecular weight excluding hydrogens is 403 g/mol. The maximum absolute atomic E-state index is 6.86. The molecule has 2 aliphatic heterocycles. The van der Waals surface area contributed by atoms with E-state index < -0.39 is 13.9 Å². The molecule has 0 saturated carbocycles. The molecule has 0 spiro atoms. The molecule has 4 atom stereocenters. The lowest BCUT2D eigenvalue weighted by molar-refractivity contribution is -0.210. The van der Waals surface area contributed by atoms with Crippen LogP contribution in [0.3, 0.4) is 0 Å². The number of fused-ring (bicyclic) bond motifs is 1. The fraction of sp³-hybridized carbons (Fsp3) is 0.478. The van der Waals surface area contributed by atoms with Gasteiger partial charge in [0.05, 0.1) is 14.3 Å². The van der Waals surface area contributed by atoms with Crippen molar-refractivity contribution in [3.8, 4) is 0 Å². The van der Waals surface area contributed by atoms with Crippen LogP contribution in [0.25, 0.3) is 0 Å². The van der Waals surface area contributed by atoms with Gasteiger partial charge in [0.15, 0.2) is 12.1 Å². The monoisotopic (exact) mass is 432 g/mol. The predicted octanol–water partition coefficient (Wildman–Crippen LogP) is 4.44. The van der Waals surface area contributed by atoms with Gasteiger partial charge in [-0.3, -0.25) is 0 Å². The van der Waals surface area contributed by atoms with Crippen LogP contribution in [0.5, 0.6) is 0 Å². The standard InChI is InChI=1S/C23H29O4PS/c1-16(2)29-15-19-20(21-22(24-19)26-23(3,4)25-21)27-28(17-11-7-5-8-12-17)18-13-9-6-10-14-18/h5-14,16,19-22H,15H2,1-4H3/t19-,20+,21-,22-/m1/s1. The summed E-state index contributed by atoms with van der Waals surface area (Å²) in [6.07, 6.45) is -0.846. The molecule has 2 saturated heterocycles. The van der Waals surface area contributed by atoms with Crippen molar-refractivity contribution in [3.63, 3.8) is 0 Å². The van der Waals surface area contributed by atoms with E-state index in [1.54, 1.807) is 0 Å². The van der Waals surface area contributed by atoms with Gasteiger partial charge in [-0.15, -0.1) is 0 Å². The van der Waals surface area contributed by atoms with E-state index in [2.05, 4.69) is 62.4 Å². The zero-order chi connectivity index (χ0) is 20.4. The van der Waals surface area contributed by atoms with Crippen molar-refractivity contribution < 1.29 is 18.7 Å². The smallest absolute Gasteiger partial charge is 0.190 e. The summed E-state index contributed by atoms with van der Waals surface area (Å²) in [5.74, 6) is 0.199. The Morgan fingerprint density at radius 1 is 0.966 bits per heavy atom. The Morgan fingerprint density at radius 2 is 1.55 bits per heavy atom. The molecule has 4 rings (SSSR count). The van der Waals surface area contributed by atoms with Crippen molar-refractivity contribution in [1.29, 1.82) is 0 Å². The van der Waals surface area contributed by atoms with E-state index in [1.807, 2.05) is 37.7 Å². The van der Waals surface area contributed by atoms with Crippen LogP contribution < -0.4 is 10.6 Å². The second-order valence-corrected chi connectivity index (χ2v) is 11.5. The summed E-state index contributed by atoms with van der Waals surface area (Å²) >= 11 is 1.88. The van der Waals surface area contributed by atoms with Gasteiger partial charge in [0, 0.05) is 16.4 Å². The third-order valence-electron chi connectivity index (χ3n) is 4.89. The van der Waals surface area contributed by atoms with Crippen molar-refractivity contribution in [3.05, 3.63) is 60.7 Å². The third kappa shape index (κ3) is 5.04. The van der Waals surface area contributed by atoms with Crippen molar-refractivity contribution in [2.75, 3.05) is 5.75 Å². The number of thioether (sulfide) groups is 1. The summed E-state index contributed by atoms with van der Waals surface area (Å²) in [6, 6.07) is 20.9. The summed E-state index contributed by atoms with van der Waals surface area (Å²) in [6.45, 7) is 8.27. The molecule has 0 unspecified atom stereocenters. The molecule has 2 aromatic carbocycles. The molecule has 0 N–H and O–H groups in total. The third-order valence-corrected chi connectivity index (χ3v) is 8.07. The van der Waals surface area contributed by atoms with E-state index in [1.165, 1.54) is 10.6 Å². The van der Waals surface area contributed by atoms with E-state index in [0.717, 1.165) is 5.75 Å². The Bertz CT molecular complexity index is 746. The first-order chi connectivity index (χ1) is 13.9. The summed E-state index contributed by atoms with van der Waals surface area (Å²) in [7, 11) is -0.994. The Hall–Kier alpha value is -0.940. The van der Waals surface area contributed by atoms with Crippen LogP contribution in [0.2, 0.25) is 0 Å². The number of hydrogen-bond acceptors (Lipinski definition) is 5. The van der Waals surface area contributed by atoms with Crippen LogP contribution in [0, 0.1) is 0 Å². The fourth-order valence-corrected chi connectivity index (χ4v) is 6.38. The molecule has 156 valence electrons. The summed E-state index contributed by atoms with van der Waals surface area (Å²) in [5.41, 5.74) is 0. The highest BCUT2D eigenvalue weighted by Crippen LogP contribution is 2.46. The van der Waals surface area contributed by atoms with Gasteiger partial charge in [-0.25, -0.2) is 0 Å². The molecule has 2 aromatic rings. The average Bonchev–Trinajstić information content (AvgIpc) is 3.17. The molecule has 2 aliphatic rings. The SMILES string of the molecule is CC(C)SC[C@H]1O[C@@H]2OC(C)(C)O[C@@H]2[C@H]1OP(c1ccccc1)c1ccccc1. The van der Waals surface area contributed by atoms with Crippen LogP contribution in [-0.4, -0.2) is 41.4 Å².